The lowest BCUT2D eigenvalue weighted by atomic mass is 10.2. The van der Waals surface area contributed by atoms with Gasteiger partial charge in [-0.3, -0.25) is 20.0 Å². The molecule has 0 spiro atoms. The summed E-state index contributed by atoms with van der Waals surface area (Å²) in [5, 5.41) is 20.1. The van der Waals surface area contributed by atoms with Crippen molar-refractivity contribution in [2.75, 3.05) is 0 Å². The molecule has 0 saturated carbocycles. The third-order valence-electron chi connectivity index (χ3n) is 2.62. The molecule has 2 N–H and O–H groups in total. The zero-order valence-corrected chi connectivity index (χ0v) is 11.7. The van der Waals surface area contributed by atoms with Crippen molar-refractivity contribution in [2.45, 2.75) is 26.3 Å². The SMILES string of the molecule is CC(C)NC(=O)Cc1nc(-c2cccc([N+](=O)[O-])c2)n[nH]1. The molecule has 0 saturated heterocycles. The van der Waals surface area contributed by atoms with Crippen LogP contribution in [0.3, 0.4) is 0 Å². The lowest BCUT2D eigenvalue weighted by Gasteiger charge is -2.05. The Kier molecular flexibility index (Phi) is 4.27. The minimum atomic E-state index is -0.479. The quantitative estimate of drug-likeness (QED) is 0.638. The summed E-state index contributed by atoms with van der Waals surface area (Å²) in [6.07, 6.45) is 0.0834. The number of hydrogen-bond donors (Lipinski definition) is 2. The lowest BCUT2D eigenvalue weighted by Crippen LogP contribution is -2.31. The van der Waals surface area contributed by atoms with E-state index < -0.39 is 4.92 Å². The van der Waals surface area contributed by atoms with Crippen molar-refractivity contribution in [1.82, 2.24) is 20.5 Å². The van der Waals surface area contributed by atoms with Crippen LogP contribution in [0.15, 0.2) is 24.3 Å². The van der Waals surface area contributed by atoms with Crippen LogP contribution in [0, 0.1) is 10.1 Å². The van der Waals surface area contributed by atoms with Gasteiger partial charge in [-0.15, -0.1) is 0 Å². The molecule has 0 bridgehead atoms. The largest absolute Gasteiger partial charge is 0.354 e. The van der Waals surface area contributed by atoms with Gasteiger partial charge in [0.15, 0.2) is 5.82 Å². The van der Waals surface area contributed by atoms with Gasteiger partial charge in [0.1, 0.15) is 5.82 Å². The molecule has 0 aliphatic carbocycles. The number of carbonyl (C=O) groups is 1. The Bertz CT molecular complexity index is 665. The molecule has 1 aromatic carbocycles. The van der Waals surface area contributed by atoms with Crippen LogP contribution < -0.4 is 5.32 Å². The first-order chi connectivity index (χ1) is 9.95. The predicted molar refractivity (Wildman–Crippen MR) is 75.5 cm³/mol. The highest BCUT2D eigenvalue weighted by Crippen LogP contribution is 2.20. The van der Waals surface area contributed by atoms with E-state index in [0.717, 1.165) is 0 Å². The maximum Gasteiger partial charge on any atom is 0.270 e. The fourth-order valence-corrected chi connectivity index (χ4v) is 1.79. The maximum absolute atomic E-state index is 11.6. The molecule has 0 radical (unpaired) electrons. The first kappa shape index (κ1) is 14.6. The van der Waals surface area contributed by atoms with Crippen LogP contribution in [-0.2, 0) is 11.2 Å². The highest BCUT2D eigenvalue weighted by Gasteiger charge is 2.13. The van der Waals surface area contributed by atoms with E-state index in [9.17, 15) is 14.9 Å². The second kappa shape index (κ2) is 6.12. The van der Waals surface area contributed by atoms with Gasteiger partial charge in [-0.05, 0) is 13.8 Å². The number of non-ortho nitro benzene ring substituents is 1. The summed E-state index contributed by atoms with van der Waals surface area (Å²) >= 11 is 0. The molecule has 1 amide bonds. The average molecular weight is 289 g/mol. The number of nitro benzene ring substituents is 1. The normalized spacial score (nSPS) is 10.6. The summed E-state index contributed by atoms with van der Waals surface area (Å²) in [7, 11) is 0. The topological polar surface area (TPSA) is 114 Å². The maximum atomic E-state index is 11.6. The fourth-order valence-electron chi connectivity index (χ4n) is 1.79. The van der Waals surface area contributed by atoms with Crippen molar-refractivity contribution in [1.29, 1.82) is 0 Å². The Hall–Kier alpha value is -2.77. The molecule has 1 aromatic heterocycles. The van der Waals surface area contributed by atoms with E-state index in [-0.39, 0.29) is 24.1 Å². The molecule has 8 heteroatoms. The van der Waals surface area contributed by atoms with Crippen molar-refractivity contribution < 1.29 is 9.72 Å². The van der Waals surface area contributed by atoms with Gasteiger partial charge >= 0.3 is 0 Å². The highest BCUT2D eigenvalue weighted by molar-refractivity contribution is 5.78. The monoisotopic (exact) mass is 289 g/mol. The Labute approximate surface area is 120 Å². The van der Waals surface area contributed by atoms with Crippen molar-refractivity contribution in [3.63, 3.8) is 0 Å². The number of nitro groups is 1. The van der Waals surface area contributed by atoms with Crippen LogP contribution >= 0.6 is 0 Å². The van der Waals surface area contributed by atoms with Crippen LogP contribution in [0.1, 0.15) is 19.7 Å². The zero-order valence-electron chi connectivity index (χ0n) is 11.7. The number of rotatable bonds is 5. The van der Waals surface area contributed by atoms with Crippen molar-refractivity contribution >= 4 is 11.6 Å². The summed E-state index contributed by atoms with van der Waals surface area (Å²) in [6.45, 7) is 3.74. The van der Waals surface area contributed by atoms with Crippen molar-refractivity contribution in [3.05, 3.63) is 40.2 Å². The predicted octanol–water partition coefficient (Wildman–Crippen LogP) is 1.45. The standard InChI is InChI=1S/C13H15N5O3/c1-8(2)14-12(19)7-11-15-13(17-16-11)9-4-3-5-10(6-9)18(20)21/h3-6,8H,7H2,1-2H3,(H,14,19)(H,15,16,17). The number of amides is 1. The summed E-state index contributed by atoms with van der Waals surface area (Å²) in [4.78, 5) is 26.1. The first-order valence-corrected chi connectivity index (χ1v) is 6.41. The molecular formula is C13H15N5O3. The Balaban J connectivity index is 2.14. The van der Waals surface area contributed by atoms with E-state index in [1.54, 1.807) is 12.1 Å². The number of benzene rings is 1. The Morgan fingerprint density at radius 3 is 2.90 bits per heavy atom. The molecule has 21 heavy (non-hydrogen) atoms. The van der Waals surface area contributed by atoms with E-state index in [4.69, 9.17) is 0 Å². The second-order valence-corrected chi connectivity index (χ2v) is 4.81. The van der Waals surface area contributed by atoms with Gasteiger partial charge in [-0.2, -0.15) is 5.10 Å². The Morgan fingerprint density at radius 1 is 1.48 bits per heavy atom. The van der Waals surface area contributed by atoms with Crippen molar-refractivity contribution in [3.8, 4) is 11.4 Å². The summed E-state index contributed by atoms with van der Waals surface area (Å²) < 4.78 is 0. The number of nitrogens with zero attached hydrogens (tertiary/aromatic N) is 3. The smallest absolute Gasteiger partial charge is 0.270 e. The highest BCUT2D eigenvalue weighted by atomic mass is 16.6. The molecule has 0 aliphatic heterocycles. The summed E-state index contributed by atoms with van der Waals surface area (Å²) in [5.41, 5.74) is 0.493. The number of aromatic nitrogens is 3. The van der Waals surface area contributed by atoms with E-state index in [0.29, 0.717) is 17.2 Å². The van der Waals surface area contributed by atoms with Gasteiger partial charge in [0.05, 0.1) is 11.3 Å². The molecule has 0 fully saturated rings. The molecule has 2 rings (SSSR count). The average Bonchev–Trinajstić information content (AvgIpc) is 2.86. The van der Waals surface area contributed by atoms with Crippen LogP contribution in [0.4, 0.5) is 5.69 Å². The minimum Gasteiger partial charge on any atom is -0.354 e. The lowest BCUT2D eigenvalue weighted by molar-refractivity contribution is -0.384. The van der Waals surface area contributed by atoms with Gasteiger partial charge in [-0.1, -0.05) is 12.1 Å². The number of H-pyrrole nitrogens is 1. The number of nitrogens with one attached hydrogen (secondary N) is 2. The second-order valence-electron chi connectivity index (χ2n) is 4.81. The van der Waals surface area contributed by atoms with Gasteiger partial charge in [0.25, 0.3) is 5.69 Å². The molecule has 0 atom stereocenters. The Morgan fingerprint density at radius 2 is 2.24 bits per heavy atom. The molecule has 110 valence electrons. The number of aromatic amines is 1. The van der Waals surface area contributed by atoms with Crippen molar-refractivity contribution in [2.24, 2.45) is 0 Å². The van der Waals surface area contributed by atoms with Gasteiger partial charge in [-0.25, -0.2) is 4.98 Å². The van der Waals surface area contributed by atoms with E-state index in [1.165, 1.54) is 12.1 Å². The summed E-state index contributed by atoms with van der Waals surface area (Å²) in [5.74, 6) is 0.576. The minimum absolute atomic E-state index is 0.0311. The molecule has 0 aliphatic rings. The van der Waals surface area contributed by atoms with E-state index >= 15 is 0 Å². The fraction of sp³-hybridized carbons (Fsp3) is 0.308. The van der Waals surface area contributed by atoms with Gasteiger partial charge in [0.2, 0.25) is 5.91 Å². The molecule has 2 aromatic rings. The number of hydrogen-bond acceptors (Lipinski definition) is 5. The molecule has 0 unspecified atom stereocenters. The van der Waals surface area contributed by atoms with Crippen LogP contribution in [0.25, 0.3) is 11.4 Å². The van der Waals surface area contributed by atoms with Crippen LogP contribution in [0.5, 0.6) is 0 Å². The van der Waals surface area contributed by atoms with Crippen LogP contribution in [-0.4, -0.2) is 32.1 Å². The van der Waals surface area contributed by atoms with E-state index in [1.807, 2.05) is 13.8 Å². The molecule has 8 nitrogen and oxygen atoms in total. The van der Waals surface area contributed by atoms with Gasteiger partial charge < -0.3 is 5.32 Å². The third-order valence-corrected chi connectivity index (χ3v) is 2.62. The first-order valence-electron chi connectivity index (χ1n) is 6.41. The zero-order chi connectivity index (χ0) is 15.4. The van der Waals surface area contributed by atoms with Crippen LogP contribution in [0.2, 0.25) is 0 Å². The van der Waals surface area contributed by atoms with Gasteiger partial charge in [0, 0.05) is 23.7 Å². The number of carbonyl (C=O) groups excluding carboxylic acids is 1. The molecular weight excluding hydrogens is 274 g/mol. The molecule has 1 heterocycles. The van der Waals surface area contributed by atoms with E-state index in [2.05, 4.69) is 20.5 Å². The third kappa shape index (κ3) is 3.85. The summed E-state index contributed by atoms with van der Waals surface area (Å²) in [6, 6.07) is 6.08.